The van der Waals surface area contributed by atoms with E-state index < -0.39 is 11.6 Å². The number of hydrogen-bond donors (Lipinski definition) is 0. The van der Waals surface area contributed by atoms with Gasteiger partial charge in [0.2, 0.25) is 5.91 Å². The Morgan fingerprint density at radius 1 is 1.07 bits per heavy atom. The zero-order valence-electron chi connectivity index (χ0n) is 16.2. The molecule has 5 heteroatoms. The Bertz CT molecular complexity index is 824. The summed E-state index contributed by atoms with van der Waals surface area (Å²) in [4.78, 5) is 16.9. The van der Waals surface area contributed by atoms with Crippen LogP contribution in [0.15, 0.2) is 42.5 Å². The van der Waals surface area contributed by atoms with Gasteiger partial charge in [0, 0.05) is 31.2 Å². The third kappa shape index (κ3) is 3.81. The fraction of sp³-hybridized carbons (Fsp3) is 0.435. The zero-order valence-corrected chi connectivity index (χ0v) is 16.2. The lowest BCUT2D eigenvalue weighted by atomic mass is 10.0. The van der Waals surface area contributed by atoms with Gasteiger partial charge in [-0.25, -0.2) is 8.78 Å². The highest BCUT2D eigenvalue weighted by Gasteiger charge is 2.33. The first-order valence-electron chi connectivity index (χ1n) is 10.0. The molecule has 1 saturated heterocycles. The van der Waals surface area contributed by atoms with E-state index in [0.29, 0.717) is 6.04 Å². The first-order valence-corrected chi connectivity index (χ1v) is 10.0. The minimum Gasteiger partial charge on any atom is -0.341 e. The van der Waals surface area contributed by atoms with Gasteiger partial charge in [0.1, 0.15) is 11.6 Å². The van der Waals surface area contributed by atoms with Crippen molar-refractivity contribution in [1.82, 2.24) is 9.80 Å². The van der Waals surface area contributed by atoms with Gasteiger partial charge in [-0.05, 0) is 55.5 Å². The number of halogens is 2. The highest BCUT2D eigenvalue weighted by atomic mass is 19.1. The van der Waals surface area contributed by atoms with E-state index in [0.717, 1.165) is 38.8 Å². The molecule has 0 saturated carbocycles. The van der Waals surface area contributed by atoms with Gasteiger partial charge in [-0.2, -0.15) is 0 Å². The number of rotatable bonds is 4. The molecule has 1 unspecified atom stereocenters. The normalized spacial score (nSPS) is 20.2. The largest absolute Gasteiger partial charge is 0.341 e. The van der Waals surface area contributed by atoms with Gasteiger partial charge in [-0.15, -0.1) is 0 Å². The Morgan fingerprint density at radius 2 is 1.71 bits per heavy atom. The molecule has 2 aliphatic rings. The molecule has 1 heterocycles. The summed E-state index contributed by atoms with van der Waals surface area (Å²) in [6, 6.07) is 12.9. The van der Waals surface area contributed by atoms with Gasteiger partial charge in [0.25, 0.3) is 0 Å². The molecule has 1 atom stereocenters. The van der Waals surface area contributed by atoms with Crippen LogP contribution in [-0.4, -0.2) is 47.9 Å². The number of piperidine rings is 1. The molecular formula is C23H26F2N2O. The van der Waals surface area contributed by atoms with Gasteiger partial charge in [0.05, 0.1) is 6.42 Å². The maximum atomic E-state index is 13.9. The highest BCUT2D eigenvalue weighted by molar-refractivity contribution is 5.79. The topological polar surface area (TPSA) is 23.6 Å². The lowest BCUT2D eigenvalue weighted by Crippen LogP contribution is -2.52. The van der Waals surface area contributed by atoms with Crippen LogP contribution in [0, 0.1) is 11.6 Å². The van der Waals surface area contributed by atoms with Crippen molar-refractivity contribution in [3.05, 3.63) is 70.8 Å². The summed E-state index contributed by atoms with van der Waals surface area (Å²) in [6.45, 7) is 1.86. The average Bonchev–Trinajstić information content (AvgIpc) is 3.14. The monoisotopic (exact) mass is 384 g/mol. The Kier molecular flexibility index (Phi) is 5.44. The molecule has 0 radical (unpaired) electrons. The molecule has 0 N–H and O–H groups in total. The van der Waals surface area contributed by atoms with E-state index in [1.165, 1.54) is 29.3 Å². The molecule has 1 fully saturated rings. The lowest BCUT2D eigenvalue weighted by Gasteiger charge is -2.40. The van der Waals surface area contributed by atoms with Crippen LogP contribution in [0.4, 0.5) is 8.78 Å². The van der Waals surface area contributed by atoms with Gasteiger partial charge < -0.3 is 4.90 Å². The summed E-state index contributed by atoms with van der Waals surface area (Å²) in [7, 11) is 1.76. The van der Waals surface area contributed by atoms with E-state index in [1.807, 2.05) is 0 Å². The van der Waals surface area contributed by atoms with Crippen LogP contribution >= 0.6 is 0 Å². The minimum absolute atomic E-state index is 0.0831. The van der Waals surface area contributed by atoms with Gasteiger partial charge in [-0.3, -0.25) is 9.69 Å². The Balaban J connectivity index is 1.40. The summed E-state index contributed by atoms with van der Waals surface area (Å²) < 4.78 is 27.8. The number of carbonyl (C=O) groups excluding carboxylic acids is 1. The number of carbonyl (C=O) groups is 1. The number of amides is 1. The van der Waals surface area contributed by atoms with E-state index in [4.69, 9.17) is 0 Å². The van der Waals surface area contributed by atoms with Gasteiger partial charge in [0.15, 0.2) is 0 Å². The first-order chi connectivity index (χ1) is 13.5. The van der Waals surface area contributed by atoms with E-state index >= 15 is 0 Å². The lowest BCUT2D eigenvalue weighted by molar-refractivity contribution is -0.132. The standard InChI is InChI=1S/C23H26F2N2O/c1-26(23(28)14-20-21(24)9-4-10-22(20)25)18-8-5-11-27(15-18)19-12-16-6-2-3-7-17(16)13-19/h2-4,6-7,9-10,18-19H,5,8,11-15H2,1H3. The van der Waals surface area contributed by atoms with Crippen molar-refractivity contribution in [2.75, 3.05) is 20.1 Å². The molecule has 2 aromatic carbocycles. The van der Waals surface area contributed by atoms with Crippen molar-refractivity contribution in [2.24, 2.45) is 0 Å². The van der Waals surface area contributed by atoms with E-state index in [1.54, 1.807) is 11.9 Å². The second-order valence-corrected chi connectivity index (χ2v) is 8.00. The quantitative estimate of drug-likeness (QED) is 0.804. The van der Waals surface area contributed by atoms with E-state index in [2.05, 4.69) is 29.2 Å². The van der Waals surface area contributed by atoms with Crippen molar-refractivity contribution >= 4 is 5.91 Å². The highest BCUT2D eigenvalue weighted by Crippen LogP contribution is 2.28. The maximum Gasteiger partial charge on any atom is 0.227 e. The number of benzene rings is 2. The molecule has 1 amide bonds. The second kappa shape index (κ2) is 8.00. The number of fused-ring (bicyclic) bond motifs is 1. The number of hydrogen-bond acceptors (Lipinski definition) is 2. The van der Waals surface area contributed by atoms with Crippen LogP contribution in [0.1, 0.15) is 29.5 Å². The van der Waals surface area contributed by atoms with Crippen LogP contribution in [0.3, 0.4) is 0 Å². The third-order valence-electron chi connectivity index (χ3n) is 6.30. The predicted octanol–water partition coefficient (Wildman–Crippen LogP) is 3.60. The summed E-state index contributed by atoms with van der Waals surface area (Å²) in [5.41, 5.74) is 2.71. The fourth-order valence-corrected chi connectivity index (χ4v) is 4.61. The third-order valence-corrected chi connectivity index (χ3v) is 6.30. The summed E-state index contributed by atoms with van der Waals surface area (Å²) in [6.07, 6.45) is 3.84. The molecular weight excluding hydrogens is 358 g/mol. The maximum absolute atomic E-state index is 13.9. The smallest absolute Gasteiger partial charge is 0.227 e. The number of likely N-dealkylation sites (N-methyl/N-ethyl adjacent to an activating group) is 1. The molecule has 148 valence electrons. The zero-order chi connectivity index (χ0) is 19.7. The van der Waals surface area contributed by atoms with Gasteiger partial charge in [-0.1, -0.05) is 30.3 Å². The van der Waals surface area contributed by atoms with Crippen molar-refractivity contribution < 1.29 is 13.6 Å². The van der Waals surface area contributed by atoms with Crippen LogP contribution in [-0.2, 0) is 24.1 Å². The van der Waals surface area contributed by atoms with Crippen LogP contribution < -0.4 is 0 Å². The Labute approximate surface area is 165 Å². The van der Waals surface area contributed by atoms with Crippen molar-refractivity contribution in [3.63, 3.8) is 0 Å². The number of nitrogens with zero attached hydrogens (tertiary/aromatic N) is 2. The van der Waals surface area contributed by atoms with Crippen molar-refractivity contribution in [2.45, 2.75) is 44.2 Å². The Morgan fingerprint density at radius 3 is 2.36 bits per heavy atom. The molecule has 0 spiro atoms. The molecule has 3 nitrogen and oxygen atoms in total. The molecule has 28 heavy (non-hydrogen) atoms. The van der Waals surface area contributed by atoms with Crippen LogP contribution in [0.2, 0.25) is 0 Å². The minimum atomic E-state index is -0.657. The van der Waals surface area contributed by atoms with Crippen LogP contribution in [0.5, 0.6) is 0 Å². The van der Waals surface area contributed by atoms with Crippen molar-refractivity contribution in [3.8, 4) is 0 Å². The fourth-order valence-electron chi connectivity index (χ4n) is 4.61. The molecule has 4 rings (SSSR count). The summed E-state index contributed by atoms with van der Waals surface area (Å²) in [5.74, 6) is -1.54. The van der Waals surface area contributed by atoms with Crippen LogP contribution in [0.25, 0.3) is 0 Å². The van der Waals surface area contributed by atoms with E-state index in [-0.39, 0.29) is 23.9 Å². The number of likely N-dealkylation sites (tertiary alicyclic amines) is 1. The molecule has 0 aromatic heterocycles. The average molecular weight is 384 g/mol. The Hall–Kier alpha value is -2.27. The summed E-state index contributed by atoms with van der Waals surface area (Å²) >= 11 is 0. The SMILES string of the molecule is CN(C(=O)Cc1c(F)cccc1F)C1CCCN(C2Cc3ccccc3C2)C1. The van der Waals surface area contributed by atoms with Gasteiger partial charge >= 0.3 is 0 Å². The summed E-state index contributed by atoms with van der Waals surface area (Å²) in [5, 5.41) is 0. The van der Waals surface area contributed by atoms with E-state index in [9.17, 15) is 13.6 Å². The second-order valence-electron chi connectivity index (χ2n) is 8.00. The van der Waals surface area contributed by atoms with Crippen molar-refractivity contribution in [1.29, 1.82) is 0 Å². The molecule has 2 aromatic rings. The molecule has 1 aliphatic carbocycles. The molecule has 1 aliphatic heterocycles. The first kappa shape index (κ1) is 19.1. The molecule has 0 bridgehead atoms. The predicted molar refractivity (Wildman–Crippen MR) is 105 cm³/mol.